The Morgan fingerprint density at radius 1 is 1.00 bits per heavy atom. The lowest BCUT2D eigenvalue weighted by molar-refractivity contribution is 0.627. The molecule has 1 aromatic rings. The van der Waals surface area contributed by atoms with Crippen molar-refractivity contribution in [3.63, 3.8) is 0 Å². The summed E-state index contributed by atoms with van der Waals surface area (Å²) in [7, 11) is 0. The highest BCUT2D eigenvalue weighted by atomic mass is 32.2. The highest BCUT2D eigenvalue weighted by molar-refractivity contribution is 8.24. The third kappa shape index (κ3) is 1.77. The monoisotopic (exact) mass is 199 g/mol. The van der Waals surface area contributed by atoms with E-state index in [0.717, 1.165) is 5.56 Å². The Kier molecular flexibility index (Phi) is 2.61. The maximum Gasteiger partial charge on any atom is 0.123 e. The van der Waals surface area contributed by atoms with E-state index in [1.807, 2.05) is 35.7 Å². The molecule has 0 unspecified atom stereocenters. The van der Waals surface area contributed by atoms with Crippen LogP contribution in [0.1, 0.15) is 5.56 Å². The lowest BCUT2D eigenvalue weighted by Gasteiger charge is -2.05. The third-order valence-electron chi connectivity index (χ3n) is 1.63. The molecule has 1 aliphatic heterocycles. The van der Waals surface area contributed by atoms with Crippen molar-refractivity contribution in [2.75, 3.05) is 11.5 Å². The van der Waals surface area contributed by atoms with Crippen LogP contribution in [0.4, 0.5) is 4.39 Å². The summed E-state index contributed by atoms with van der Waals surface area (Å²) in [6, 6.07) is 6.72. The van der Waals surface area contributed by atoms with Gasteiger partial charge in [0.2, 0.25) is 0 Å². The quantitative estimate of drug-likeness (QED) is 0.681. The first kappa shape index (κ1) is 8.45. The Bertz CT molecular complexity index is 252. The van der Waals surface area contributed by atoms with E-state index < -0.39 is 0 Å². The molecule has 12 heavy (non-hydrogen) atoms. The molecule has 0 atom stereocenters. The number of thioether (sulfide) groups is 2. The Morgan fingerprint density at radius 2 is 1.58 bits per heavy atom. The average Bonchev–Trinajstić information content (AvgIpc) is 2.58. The van der Waals surface area contributed by atoms with Crippen molar-refractivity contribution in [2.24, 2.45) is 0 Å². The second-order valence-electron chi connectivity index (χ2n) is 2.49. The van der Waals surface area contributed by atoms with E-state index in [1.54, 1.807) is 0 Å². The summed E-state index contributed by atoms with van der Waals surface area (Å²) in [6.45, 7) is 0. The molecule has 0 spiro atoms. The van der Waals surface area contributed by atoms with Gasteiger partial charge in [0.1, 0.15) is 10.4 Å². The van der Waals surface area contributed by atoms with Crippen LogP contribution in [0.2, 0.25) is 0 Å². The van der Waals surface area contributed by atoms with E-state index in [-0.39, 0.29) is 5.82 Å². The molecule has 3 heteroatoms. The molecule has 0 saturated carbocycles. The maximum atomic E-state index is 12.6. The largest absolute Gasteiger partial charge is 0.207 e. The van der Waals surface area contributed by atoms with Crippen LogP contribution in [-0.4, -0.2) is 11.5 Å². The van der Waals surface area contributed by atoms with Gasteiger partial charge in [0.15, 0.2) is 0 Å². The summed E-state index contributed by atoms with van der Waals surface area (Å²) in [4.78, 5) is 0. The van der Waals surface area contributed by atoms with Gasteiger partial charge in [-0.05, 0) is 17.7 Å². The summed E-state index contributed by atoms with van der Waals surface area (Å²) in [5, 5.41) is 0. The van der Waals surface area contributed by atoms with Crippen LogP contribution >= 0.6 is 23.5 Å². The minimum Gasteiger partial charge on any atom is -0.207 e. The first-order valence-corrected chi connectivity index (χ1v) is 5.72. The molecule has 1 radical (unpaired) electrons. The number of hydrogen-bond acceptors (Lipinski definition) is 2. The van der Waals surface area contributed by atoms with Crippen LogP contribution in [0, 0.1) is 10.4 Å². The SMILES string of the molecule is Fc1ccc([C]2SCCS2)cc1. The van der Waals surface area contributed by atoms with Crippen LogP contribution in [0.3, 0.4) is 0 Å². The molecule has 0 N–H and O–H groups in total. The first-order chi connectivity index (χ1) is 5.86. The topological polar surface area (TPSA) is 0 Å². The van der Waals surface area contributed by atoms with Gasteiger partial charge in [-0.1, -0.05) is 12.1 Å². The molecule has 0 aromatic heterocycles. The van der Waals surface area contributed by atoms with Crippen LogP contribution in [0.25, 0.3) is 0 Å². The minimum absolute atomic E-state index is 0.160. The number of benzene rings is 1. The van der Waals surface area contributed by atoms with Crippen LogP contribution in [0.15, 0.2) is 24.3 Å². The normalized spacial score (nSPS) is 18.4. The fourth-order valence-corrected chi connectivity index (χ4v) is 3.54. The zero-order valence-electron chi connectivity index (χ0n) is 6.42. The van der Waals surface area contributed by atoms with Crippen LogP contribution in [0.5, 0.6) is 0 Å². The molecule has 1 heterocycles. The van der Waals surface area contributed by atoms with Gasteiger partial charge in [-0.2, -0.15) is 0 Å². The highest BCUT2D eigenvalue weighted by Gasteiger charge is 2.18. The van der Waals surface area contributed by atoms with E-state index >= 15 is 0 Å². The second kappa shape index (κ2) is 3.71. The summed E-state index contributed by atoms with van der Waals surface area (Å²) < 4.78 is 13.9. The van der Waals surface area contributed by atoms with Crippen molar-refractivity contribution in [1.29, 1.82) is 0 Å². The van der Waals surface area contributed by atoms with Gasteiger partial charge < -0.3 is 0 Å². The Hall–Kier alpha value is -0.150. The molecule has 1 aromatic carbocycles. The number of hydrogen-bond donors (Lipinski definition) is 0. The number of halogens is 1. The van der Waals surface area contributed by atoms with Crippen molar-refractivity contribution in [2.45, 2.75) is 0 Å². The molecule has 0 amide bonds. The summed E-state index contributed by atoms with van der Waals surface area (Å²) in [5.41, 5.74) is 1.16. The van der Waals surface area contributed by atoms with Crippen molar-refractivity contribution < 1.29 is 4.39 Å². The molecular formula is C9H8FS2. The van der Waals surface area contributed by atoms with E-state index in [0.29, 0.717) is 0 Å². The van der Waals surface area contributed by atoms with Gasteiger partial charge in [-0.25, -0.2) is 4.39 Å². The van der Waals surface area contributed by atoms with Crippen molar-refractivity contribution in [3.8, 4) is 0 Å². The van der Waals surface area contributed by atoms with Gasteiger partial charge in [0.05, 0.1) is 0 Å². The molecule has 2 rings (SSSR count). The fourth-order valence-electron chi connectivity index (χ4n) is 1.06. The standard InChI is InChI=1S/C9H8FS2/c10-8-3-1-7(2-4-8)9-11-5-6-12-9/h1-4H,5-6H2. The molecule has 63 valence electrons. The zero-order chi connectivity index (χ0) is 8.39. The second-order valence-corrected chi connectivity index (χ2v) is 4.96. The molecule has 1 fully saturated rings. The lowest BCUT2D eigenvalue weighted by atomic mass is 10.2. The van der Waals surface area contributed by atoms with Crippen molar-refractivity contribution in [3.05, 3.63) is 40.2 Å². The van der Waals surface area contributed by atoms with Gasteiger partial charge in [-0.3, -0.25) is 0 Å². The molecule has 0 nitrogen and oxygen atoms in total. The van der Waals surface area contributed by atoms with E-state index in [4.69, 9.17) is 0 Å². The van der Waals surface area contributed by atoms with Crippen LogP contribution < -0.4 is 0 Å². The Balaban J connectivity index is 2.17. The predicted octanol–water partition coefficient (Wildman–Crippen LogP) is 3.14. The number of rotatable bonds is 1. The molecule has 1 saturated heterocycles. The van der Waals surface area contributed by atoms with Gasteiger partial charge in [-0.15, -0.1) is 23.5 Å². The summed E-state index contributed by atoms with van der Waals surface area (Å²) in [6.07, 6.45) is 0. The fraction of sp³-hybridized carbons (Fsp3) is 0.222. The Morgan fingerprint density at radius 3 is 2.17 bits per heavy atom. The molecule has 1 aliphatic rings. The highest BCUT2D eigenvalue weighted by Crippen LogP contribution is 2.43. The lowest BCUT2D eigenvalue weighted by Crippen LogP contribution is -1.85. The molecular weight excluding hydrogens is 191 g/mol. The molecule has 0 bridgehead atoms. The Labute approximate surface area is 79.9 Å². The summed E-state index contributed by atoms with van der Waals surface area (Å²) >= 11 is 3.72. The van der Waals surface area contributed by atoms with Crippen molar-refractivity contribution in [1.82, 2.24) is 0 Å². The predicted molar refractivity (Wildman–Crippen MR) is 53.7 cm³/mol. The van der Waals surface area contributed by atoms with E-state index in [2.05, 4.69) is 0 Å². The minimum atomic E-state index is -0.160. The average molecular weight is 199 g/mol. The van der Waals surface area contributed by atoms with Gasteiger partial charge in [0, 0.05) is 11.5 Å². The molecule has 0 aliphatic carbocycles. The van der Waals surface area contributed by atoms with Crippen LogP contribution in [-0.2, 0) is 0 Å². The van der Waals surface area contributed by atoms with Crippen molar-refractivity contribution >= 4 is 23.5 Å². The van der Waals surface area contributed by atoms with E-state index in [1.165, 1.54) is 28.2 Å². The summed E-state index contributed by atoms with van der Waals surface area (Å²) in [5.74, 6) is 2.20. The van der Waals surface area contributed by atoms with E-state index in [9.17, 15) is 4.39 Å². The smallest absolute Gasteiger partial charge is 0.123 e. The third-order valence-corrected chi connectivity index (χ3v) is 4.41. The maximum absolute atomic E-state index is 12.6. The van der Waals surface area contributed by atoms with Gasteiger partial charge in [0.25, 0.3) is 0 Å². The first-order valence-electron chi connectivity index (χ1n) is 3.75. The zero-order valence-corrected chi connectivity index (χ0v) is 8.05. The van der Waals surface area contributed by atoms with Gasteiger partial charge >= 0.3 is 0 Å².